The van der Waals surface area contributed by atoms with E-state index >= 15 is 0 Å². The Hall–Kier alpha value is -1.78. The number of nitrogens with zero attached hydrogens (tertiary/aromatic N) is 2. The molecule has 0 aromatic heterocycles. The first-order valence-electron chi connectivity index (χ1n) is 4.93. The van der Waals surface area contributed by atoms with Gasteiger partial charge in [0.25, 0.3) is 0 Å². The molecular formula is C11H11F2N3. The summed E-state index contributed by atoms with van der Waals surface area (Å²) < 4.78 is 25.8. The van der Waals surface area contributed by atoms with E-state index in [1.54, 1.807) is 0 Å². The Kier molecular flexibility index (Phi) is 2.68. The molecule has 1 aliphatic rings. The molecule has 3 nitrogen and oxygen atoms in total. The number of amidine groups is 1. The van der Waals surface area contributed by atoms with Crippen LogP contribution in [0.3, 0.4) is 0 Å². The summed E-state index contributed by atoms with van der Waals surface area (Å²) in [5, 5.41) is 7.68. The highest BCUT2D eigenvalue weighted by Gasteiger charge is 2.18. The minimum absolute atomic E-state index is 0.0700. The number of nitrogens with two attached hydrogens (primary N) is 1. The Morgan fingerprint density at radius 3 is 2.62 bits per heavy atom. The van der Waals surface area contributed by atoms with Crippen LogP contribution >= 0.6 is 0 Å². The van der Waals surface area contributed by atoms with Gasteiger partial charge >= 0.3 is 0 Å². The molecule has 0 bridgehead atoms. The largest absolute Gasteiger partial charge is 0.385 e. The molecular weight excluding hydrogens is 212 g/mol. The van der Waals surface area contributed by atoms with Crippen LogP contribution in [0.1, 0.15) is 18.9 Å². The highest BCUT2D eigenvalue weighted by molar-refractivity contribution is 6.04. The second-order valence-corrected chi connectivity index (χ2v) is 3.81. The Balaban J connectivity index is 2.35. The van der Waals surface area contributed by atoms with Crippen molar-refractivity contribution in [1.29, 1.82) is 0 Å². The van der Waals surface area contributed by atoms with Gasteiger partial charge in [0, 0.05) is 17.9 Å². The third-order valence-corrected chi connectivity index (χ3v) is 2.54. The van der Waals surface area contributed by atoms with E-state index in [1.165, 1.54) is 6.07 Å². The number of rotatable bonds is 1. The number of hydrogen-bond donors (Lipinski definition) is 1. The molecule has 2 rings (SSSR count). The second kappa shape index (κ2) is 4.00. The average Bonchev–Trinajstić information content (AvgIpc) is 2.26. The summed E-state index contributed by atoms with van der Waals surface area (Å²) in [5.74, 6) is -1.21. The first kappa shape index (κ1) is 10.7. The van der Waals surface area contributed by atoms with Crippen LogP contribution in [0.15, 0.2) is 28.4 Å². The first-order chi connectivity index (χ1) is 7.58. The third kappa shape index (κ3) is 1.93. The van der Waals surface area contributed by atoms with E-state index in [9.17, 15) is 8.78 Å². The molecule has 0 spiro atoms. The van der Waals surface area contributed by atoms with Gasteiger partial charge < -0.3 is 5.73 Å². The summed E-state index contributed by atoms with van der Waals surface area (Å²) >= 11 is 0. The van der Waals surface area contributed by atoms with Gasteiger partial charge in [-0.15, -0.1) is 5.10 Å². The SMILES string of the molecule is CC1CC(c2ccc(F)c(F)c2)=NN=C1N. The summed E-state index contributed by atoms with van der Waals surface area (Å²) in [6.45, 7) is 1.91. The quantitative estimate of drug-likeness (QED) is 0.778. The maximum absolute atomic E-state index is 13.0. The smallest absolute Gasteiger partial charge is 0.159 e. The predicted molar refractivity (Wildman–Crippen MR) is 58.3 cm³/mol. The van der Waals surface area contributed by atoms with E-state index in [4.69, 9.17) is 5.73 Å². The van der Waals surface area contributed by atoms with Crippen LogP contribution in [0.4, 0.5) is 8.78 Å². The van der Waals surface area contributed by atoms with Crippen LogP contribution in [0.25, 0.3) is 0 Å². The second-order valence-electron chi connectivity index (χ2n) is 3.81. The molecule has 0 aliphatic carbocycles. The Morgan fingerprint density at radius 2 is 2.00 bits per heavy atom. The molecule has 1 unspecified atom stereocenters. The van der Waals surface area contributed by atoms with E-state index in [0.29, 0.717) is 23.5 Å². The van der Waals surface area contributed by atoms with Crippen molar-refractivity contribution >= 4 is 11.5 Å². The van der Waals surface area contributed by atoms with Gasteiger partial charge in [-0.25, -0.2) is 8.78 Å². The zero-order chi connectivity index (χ0) is 11.7. The lowest BCUT2D eigenvalue weighted by molar-refractivity contribution is 0.508. The van der Waals surface area contributed by atoms with E-state index in [0.717, 1.165) is 12.1 Å². The van der Waals surface area contributed by atoms with E-state index < -0.39 is 11.6 Å². The van der Waals surface area contributed by atoms with Crippen molar-refractivity contribution in [3.63, 3.8) is 0 Å². The average molecular weight is 223 g/mol. The zero-order valence-electron chi connectivity index (χ0n) is 8.74. The number of benzene rings is 1. The minimum Gasteiger partial charge on any atom is -0.385 e. The van der Waals surface area contributed by atoms with E-state index in [1.807, 2.05) is 6.92 Å². The molecule has 84 valence electrons. The van der Waals surface area contributed by atoms with Gasteiger partial charge in [0.2, 0.25) is 0 Å². The molecule has 1 atom stereocenters. The Morgan fingerprint density at radius 1 is 1.25 bits per heavy atom. The lowest BCUT2D eigenvalue weighted by Crippen LogP contribution is -2.26. The highest BCUT2D eigenvalue weighted by Crippen LogP contribution is 2.17. The molecule has 0 amide bonds. The maximum Gasteiger partial charge on any atom is 0.159 e. The zero-order valence-corrected chi connectivity index (χ0v) is 8.74. The normalized spacial score (nSPS) is 20.3. The van der Waals surface area contributed by atoms with Crippen LogP contribution in [0.5, 0.6) is 0 Å². The van der Waals surface area contributed by atoms with Gasteiger partial charge in [0.1, 0.15) is 5.84 Å². The van der Waals surface area contributed by atoms with Crippen molar-refractivity contribution in [2.24, 2.45) is 21.9 Å². The summed E-state index contributed by atoms with van der Waals surface area (Å²) in [6, 6.07) is 3.69. The van der Waals surface area contributed by atoms with Gasteiger partial charge in [-0.1, -0.05) is 6.92 Å². The molecule has 1 aromatic carbocycles. The van der Waals surface area contributed by atoms with E-state index in [2.05, 4.69) is 10.2 Å². The number of halogens is 2. The van der Waals surface area contributed by atoms with Gasteiger partial charge in [-0.3, -0.25) is 0 Å². The Bertz CT molecular complexity index is 480. The minimum atomic E-state index is -0.879. The van der Waals surface area contributed by atoms with Crippen LogP contribution in [0, 0.1) is 17.6 Å². The van der Waals surface area contributed by atoms with Crippen LogP contribution < -0.4 is 5.73 Å². The molecule has 0 saturated carbocycles. The maximum atomic E-state index is 13.0. The van der Waals surface area contributed by atoms with Gasteiger partial charge in [-0.2, -0.15) is 5.10 Å². The summed E-state index contributed by atoms with van der Waals surface area (Å²) in [6.07, 6.45) is 0.584. The predicted octanol–water partition coefficient (Wildman–Crippen LogP) is 2.07. The fraction of sp³-hybridized carbons (Fsp3) is 0.273. The topological polar surface area (TPSA) is 50.7 Å². The van der Waals surface area contributed by atoms with Crippen molar-refractivity contribution in [1.82, 2.24) is 0 Å². The highest BCUT2D eigenvalue weighted by atomic mass is 19.2. The third-order valence-electron chi connectivity index (χ3n) is 2.54. The molecule has 1 heterocycles. The standard InChI is InChI=1S/C11H11F2N3/c1-6-4-10(15-16-11(6)14)7-2-3-8(12)9(13)5-7/h2-3,5-6H,4H2,1H3,(H2,14,16). The summed E-state index contributed by atoms with van der Waals surface area (Å²) in [4.78, 5) is 0. The first-order valence-corrected chi connectivity index (χ1v) is 4.93. The lowest BCUT2D eigenvalue weighted by Gasteiger charge is -2.16. The number of hydrogen-bond acceptors (Lipinski definition) is 3. The Labute approximate surface area is 91.7 Å². The molecule has 0 radical (unpaired) electrons. The summed E-state index contributed by atoms with van der Waals surface area (Å²) in [5.41, 5.74) is 6.75. The monoisotopic (exact) mass is 223 g/mol. The molecule has 5 heteroatoms. The molecule has 1 aliphatic heterocycles. The van der Waals surface area contributed by atoms with E-state index in [-0.39, 0.29) is 5.92 Å². The van der Waals surface area contributed by atoms with Gasteiger partial charge in [-0.05, 0) is 18.2 Å². The van der Waals surface area contributed by atoms with Crippen molar-refractivity contribution in [3.8, 4) is 0 Å². The van der Waals surface area contributed by atoms with Gasteiger partial charge in [0.15, 0.2) is 11.6 Å². The van der Waals surface area contributed by atoms with Crippen molar-refractivity contribution in [3.05, 3.63) is 35.4 Å². The molecule has 0 fully saturated rings. The van der Waals surface area contributed by atoms with Crippen molar-refractivity contribution < 1.29 is 8.78 Å². The van der Waals surface area contributed by atoms with Crippen LogP contribution in [0.2, 0.25) is 0 Å². The van der Waals surface area contributed by atoms with Crippen molar-refractivity contribution in [2.75, 3.05) is 0 Å². The fourth-order valence-corrected chi connectivity index (χ4v) is 1.50. The molecule has 2 N–H and O–H groups in total. The lowest BCUT2D eigenvalue weighted by atomic mass is 9.97. The van der Waals surface area contributed by atoms with Gasteiger partial charge in [0.05, 0.1) is 5.71 Å². The van der Waals surface area contributed by atoms with Crippen molar-refractivity contribution in [2.45, 2.75) is 13.3 Å². The molecule has 0 saturated heterocycles. The fourth-order valence-electron chi connectivity index (χ4n) is 1.50. The molecule has 16 heavy (non-hydrogen) atoms. The summed E-state index contributed by atoms with van der Waals surface area (Å²) in [7, 11) is 0. The van der Waals surface area contributed by atoms with Crippen LogP contribution in [-0.4, -0.2) is 11.5 Å². The van der Waals surface area contributed by atoms with Crippen LogP contribution in [-0.2, 0) is 0 Å². The molecule has 1 aromatic rings.